The fourth-order valence-corrected chi connectivity index (χ4v) is 2.00. The summed E-state index contributed by atoms with van der Waals surface area (Å²) in [5.41, 5.74) is 3.40. The quantitative estimate of drug-likeness (QED) is 0.726. The van der Waals surface area contributed by atoms with Gasteiger partial charge in [0.15, 0.2) is 0 Å². The zero-order valence-electron chi connectivity index (χ0n) is 9.59. The summed E-state index contributed by atoms with van der Waals surface area (Å²) >= 11 is 3.42. The van der Waals surface area contributed by atoms with Crippen LogP contribution in [0.2, 0.25) is 0 Å². The van der Waals surface area contributed by atoms with E-state index in [2.05, 4.69) is 60.1 Å². The van der Waals surface area contributed by atoms with E-state index in [0.717, 1.165) is 23.1 Å². The van der Waals surface area contributed by atoms with E-state index in [0.29, 0.717) is 0 Å². The number of hydrogen-bond acceptors (Lipinski definition) is 1. The van der Waals surface area contributed by atoms with Crippen molar-refractivity contribution in [1.29, 1.82) is 0 Å². The molecule has 0 aliphatic carbocycles. The van der Waals surface area contributed by atoms with E-state index in [1.807, 2.05) is 0 Å². The number of furan rings is 1. The number of aryl methyl sites for hydroxylation is 1. The fourth-order valence-electron chi connectivity index (χ4n) is 1.77. The largest absolute Gasteiger partial charge is 0.456 e. The van der Waals surface area contributed by atoms with Crippen LogP contribution in [-0.4, -0.2) is 5.33 Å². The lowest BCUT2D eigenvalue weighted by Crippen LogP contribution is -1.75. The van der Waals surface area contributed by atoms with Gasteiger partial charge in [-0.05, 0) is 37.5 Å². The maximum Gasteiger partial charge on any atom is 0.137 e. The Kier molecular flexibility index (Phi) is 3.49. The molecule has 0 saturated heterocycles. The first-order valence-corrected chi connectivity index (χ1v) is 6.57. The van der Waals surface area contributed by atoms with Crippen molar-refractivity contribution in [2.24, 2.45) is 0 Å². The molecule has 16 heavy (non-hydrogen) atoms. The Morgan fingerprint density at radius 1 is 1.44 bits per heavy atom. The van der Waals surface area contributed by atoms with Gasteiger partial charge in [-0.3, -0.25) is 0 Å². The summed E-state index contributed by atoms with van der Waals surface area (Å²) in [6, 6.07) is 8.34. The highest BCUT2D eigenvalue weighted by Crippen LogP contribution is 2.26. The number of halogens is 1. The van der Waals surface area contributed by atoms with E-state index in [1.54, 1.807) is 0 Å². The summed E-state index contributed by atoms with van der Waals surface area (Å²) in [5, 5.41) is 2.17. The van der Waals surface area contributed by atoms with Gasteiger partial charge in [-0.2, -0.15) is 0 Å². The SMILES string of the molecule is C/C(=C/CCBr)c1cc2cccc(C)c2o1. The van der Waals surface area contributed by atoms with Gasteiger partial charge in [-0.25, -0.2) is 0 Å². The molecular weight excluding hydrogens is 264 g/mol. The third kappa shape index (κ3) is 2.22. The molecule has 0 aliphatic rings. The first kappa shape index (κ1) is 11.5. The van der Waals surface area contributed by atoms with Crippen LogP contribution < -0.4 is 0 Å². The molecule has 1 nitrogen and oxygen atoms in total. The molecule has 1 heterocycles. The minimum Gasteiger partial charge on any atom is -0.456 e. The normalized spacial score (nSPS) is 12.3. The molecule has 2 aromatic rings. The molecule has 0 fully saturated rings. The van der Waals surface area contributed by atoms with E-state index < -0.39 is 0 Å². The van der Waals surface area contributed by atoms with Crippen LogP contribution in [0.5, 0.6) is 0 Å². The van der Waals surface area contributed by atoms with E-state index in [9.17, 15) is 0 Å². The predicted molar refractivity (Wildman–Crippen MR) is 73.0 cm³/mol. The molecule has 0 spiro atoms. The van der Waals surface area contributed by atoms with Crippen molar-refractivity contribution in [1.82, 2.24) is 0 Å². The average Bonchev–Trinajstić information content (AvgIpc) is 2.71. The van der Waals surface area contributed by atoms with Crippen LogP contribution in [0.15, 0.2) is 34.8 Å². The zero-order chi connectivity index (χ0) is 11.5. The molecule has 0 amide bonds. The molecule has 1 aromatic carbocycles. The number of para-hydroxylation sites is 1. The molecule has 2 heteroatoms. The highest BCUT2D eigenvalue weighted by atomic mass is 79.9. The number of benzene rings is 1. The second-order valence-electron chi connectivity index (χ2n) is 3.97. The Morgan fingerprint density at radius 3 is 2.94 bits per heavy atom. The highest BCUT2D eigenvalue weighted by molar-refractivity contribution is 9.09. The molecule has 1 aromatic heterocycles. The number of rotatable bonds is 3. The summed E-state index contributed by atoms with van der Waals surface area (Å²) in [6.45, 7) is 4.17. The molecule has 0 aliphatic heterocycles. The minimum atomic E-state index is 0.977. The van der Waals surface area contributed by atoms with Crippen LogP contribution in [-0.2, 0) is 0 Å². The van der Waals surface area contributed by atoms with Gasteiger partial charge in [0.05, 0.1) is 0 Å². The second kappa shape index (κ2) is 4.88. The molecular formula is C14H15BrO. The van der Waals surface area contributed by atoms with Crippen LogP contribution in [0, 0.1) is 6.92 Å². The van der Waals surface area contributed by atoms with Crippen LogP contribution >= 0.6 is 15.9 Å². The van der Waals surface area contributed by atoms with Crippen molar-refractivity contribution in [2.45, 2.75) is 20.3 Å². The molecule has 2 rings (SSSR count). The number of alkyl halides is 1. The van der Waals surface area contributed by atoms with Gasteiger partial charge in [-0.1, -0.05) is 40.2 Å². The van der Waals surface area contributed by atoms with Crippen LogP contribution in [0.4, 0.5) is 0 Å². The summed E-state index contributed by atoms with van der Waals surface area (Å²) < 4.78 is 5.87. The van der Waals surface area contributed by atoms with Crippen LogP contribution in [0.25, 0.3) is 16.5 Å². The summed E-state index contributed by atoms with van der Waals surface area (Å²) in [7, 11) is 0. The van der Waals surface area contributed by atoms with Crippen LogP contribution in [0.1, 0.15) is 24.7 Å². The van der Waals surface area contributed by atoms with Crippen molar-refractivity contribution in [2.75, 3.05) is 5.33 Å². The monoisotopic (exact) mass is 278 g/mol. The summed E-state index contributed by atoms with van der Waals surface area (Å²) in [5.74, 6) is 0.977. The fraction of sp³-hybridized carbons (Fsp3) is 0.286. The molecule has 0 atom stereocenters. The van der Waals surface area contributed by atoms with Crippen molar-refractivity contribution in [3.63, 3.8) is 0 Å². The van der Waals surface area contributed by atoms with E-state index in [-0.39, 0.29) is 0 Å². The van der Waals surface area contributed by atoms with E-state index >= 15 is 0 Å². The lowest BCUT2D eigenvalue weighted by atomic mass is 10.1. The first-order valence-electron chi connectivity index (χ1n) is 5.44. The standard InChI is InChI=1S/C14H15BrO/c1-10(6-4-8-15)13-9-12-7-3-5-11(2)14(12)16-13/h3,5-7,9H,4,8H2,1-2H3/b10-6-. The number of allylic oxidation sites excluding steroid dienone is 2. The van der Waals surface area contributed by atoms with Gasteiger partial charge < -0.3 is 4.42 Å². The molecule has 0 radical (unpaired) electrons. The maximum atomic E-state index is 5.87. The Labute approximate surface area is 104 Å². The minimum absolute atomic E-state index is 0.977. The van der Waals surface area contributed by atoms with E-state index in [1.165, 1.54) is 16.5 Å². The van der Waals surface area contributed by atoms with Gasteiger partial charge >= 0.3 is 0 Å². The Morgan fingerprint density at radius 2 is 2.25 bits per heavy atom. The van der Waals surface area contributed by atoms with Gasteiger partial charge in [0.1, 0.15) is 11.3 Å². The Balaban J connectivity index is 2.43. The zero-order valence-corrected chi connectivity index (χ0v) is 11.2. The van der Waals surface area contributed by atoms with Gasteiger partial charge in [0, 0.05) is 10.7 Å². The van der Waals surface area contributed by atoms with Crippen molar-refractivity contribution < 1.29 is 4.42 Å². The van der Waals surface area contributed by atoms with Gasteiger partial charge in [0.2, 0.25) is 0 Å². The Bertz CT molecular complexity index is 523. The molecule has 0 unspecified atom stereocenters. The number of fused-ring (bicyclic) bond motifs is 1. The molecule has 0 saturated carbocycles. The van der Waals surface area contributed by atoms with E-state index in [4.69, 9.17) is 4.42 Å². The van der Waals surface area contributed by atoms with Crippen molar-refractivity contribution in [3.05, 3.63) is 41.7 Å². The van der Waals surface area contributed by atoms with Gasteiger partial charge in [-0.15, -0.1) is 0 Å². The second-order valence-corrected chi connectivity index (χ2v) is 4.76. The third-order valence-corrected chi connectivity index (χ3v) is 3.15. The third-order valence-electron chi connectivity index (χ3n) is 2.69. The smallest absolute Gasteiger partial charge is 0.137 e. The molecule has 0 N–H and O–H groups in total. The lowest BCUT2D eigenvalue weighted by Gasteiger charge is -1.95. The average molecular weight is 279 g/mol. The molecule has 0 bridgehead atoms. The van der Waals surface area contributed by atoms with Crippen molar-refractivity contribution in [3.8, 4) is 0 Å². The lowest BCUT2D eigenvalue weighted by molar-refractivity contribution is 0.596. The number of hydrogen-bond donors (Lipinski definition) is 0. The maximum absolute atomic E-state index is 5.87. The topological polar surface area (TPSA) is 13.1 Å². The molecule has 84 valence electrons. The summed E-state index contributed by atoms with van der Waals surface area (Å²) in [6.07, 6.45) is 3.23. The van der Waals surface area contributed by atoms with Gasteiger partial charge in [0.25, 0.3) is 0 Å². The van der Waals surface area contributed by atoms with Crippen LogP contribution in [0.3, 0.4) is 0 Å². The first-order chi connectivity index (χ1) is 7.72. The van der Waals surface area contributed by atoms with Crippen molar-refractivity contribution >= 4 is 32.5 Å². The highest BCUT2D eigenvalue weighted by Gasteiger charge is 2.06. The predicted octanol–water partition coefficient (Wildman–Crippen LogP) is 4.93. The summed E-state index contributed by atoms with van der Waals surface area (Å²) in [4.78, 5) is 0. The Hall–Kier alpha value is -1.02.